The number of amides is 3. The molecule has 0 aliphatic heterocycles. The van der Waals surface area contributed by atoms with Crippen molar-refractivity contribution in [3.63, 3.8) is 0 Å². The molecule has 2 aromatic carbocycles. The summed E-state index contributed by atoms with van der Waals surface area (Å²) in [6.45, 7) is 1.49. The number of ether oxygens (including phenoxy) is 1. The van der Waals surface area contributed by atoms with Gasteiger partial charge in [0.25, 0.3) is 11.8 Å². The van der Waals surface area contributed by atoms with Crippen LogP contribution in [0.1, 0.15) is 50.6 Å². The molecule has 4 rings (SSSR count). The van der Waals surface area contributed by atoms with Gasteiger partial charge in [-0.25, -0.2) is 5.43 Å². The quantitative estimate of drug-likeness (QED) is 0.413. The van der Waals surface area contributed by atoms with E-state index in [1.165, 1.54) is 0 Å². The first kappa shape index (κ1) is 24.2. The van der Waals surface area contributed by atoms with Gasteiger partial charge in [-0.15, -0.1) is 0 Å². The number of furan rings is 1. The van der Waals surface area contributed by atoms with Gasteiger partial charge in [-0.3, -0.25) is 25.2 Å². The summed E-state index contributed by atoms with van der Waals surface area (Å²) >= 11 is 3.34. The Balaban J connectivity index is 1.39. The number of carbonyl (C=O) groups is 3. The molecular formula is C25H23BrN4O5. The van der Waals surface area contributed by atoms with Crippen molar-refractivity contribution in [1.82, 2.24) is 16.3 Å². The molecule has 35 heavy (non-hydrogen) atoms. The van der Waals surface area contributed by atoms with Crippen molar-refractivity contribution >= 4 is 39.4 Å². The largest absolute Gasteiger partial charge is 0.484 e. The minimum Gasteiger partial charge on any atom is -0.484 e. The lowest BCUT2D eigenvalue weighted by Crippen LogP contribution is -2.43. The zero-order valence-electron chi connectivity index (χ0n) is 18.9. The van der Waals surface area contributed by atoms with E-state index in [4.69, 9.17) is 9.15 Å². The molecule has 0 radical (unpaired) electrons. The number of para-hydroxylation sites is 1. The van der Waals surface area contributed by atoms with Crippen molar-refractivity contribution in [3.8, 4) is 5.75 Å². The number of fused-ring (bicyclic) bond motifs is 1. The van der Waals surface area contributed by atoms with Crippen LogP contribution < -0.4 is 21.0 Å². The average Bonchev–Trinajstić information content (AvgIpc) is 3.22. The summed E-state index contributed by atoms with van der Waals surface area (Å²) in [5, 5.41) is 4.31. The Kier molecular flexibility index (Phi) is 7.61. The van der Waals surface area contributed by atoms with E-state index in [2.05, 4.69) is 37.3 Å². The van der Waals surface area contributed by atoms with E-state index in [-0.39, 0.29) is 18.3 Å². The Labute approximate surface area is 210 Å². The highest BCUT2D eigenvalue weighted by Crippen LogP contribution is 2.29. The maximum absolute atomic E-state index is 12.7. The van der Waals surface area contributed by atoms with Gasteiger partial charge in [0, 0.05) is 27.6 Å². The number of benzene rings is 2. The summed E-state index contributed by atoms with van der Waals surface area (Å²) in [5.74, 6) is -0.209. The van der Waals surface area contributed by atoms with Crippen LogP contribution in [-0.2, 0) is 11.2 Å². The Morgan fingerprint density at radius 3 is 2.49 bits per heavy atom. The average molecular weight is 539 g/mol. The first-order chi connectivity index (χ1) is 16.9. The van der Waals surface area contributed by atoms with Crippen LogP contribution in [0.3, 0.4) is 0 Å². The maximum Gasteiger partial charge on any atom is 0.305 e. The summed E-state index contributed by atoms with van der Waals surface area (Å²) in [6.07, 6.45) is 2.03. The third-order valence-electron chi connectivity index (χ3n) is 5.36. The Bertz CT molecular complexity index is 1270. The van der Waals surface area contributed by atoms with Crippen LogP contribution in [0.15, 0.2) is 68.6 Å². The highest BCUT2D eigenvalue weighted by molar-refractivity contribution is 9.10. The minimum absolute atomic E-state index is 0.0770. The van der Waals surface area contributed by atoms with Crippen LogP contribution in [0.5, 0.6) is 5.75 Å². The smallest absolute Gasteiger partial charge is 0.305 e. The van der Waals surface area contributed by atoms with Gasteiger partial charge in [-0.1, -0.05) is 34.1 Å². The fraction of sp³-hybridized carbons (Fsp3) is 0.200. The van der Waals surface area contributed by atoms with E-state index in [0.717, 1.165) is 10.9 Å². The molecule has 1 aliphatic rings. The molecule has 1 heterocycles. The molecular weight excluding hydrogens is 516 g/mol. The van der Waals surface area contributed by atoms with Gasteiger partial charge in [0.15, 0.2) is 12.4 Å². The lowest BCUT2D eigenvalue weighted by atomic mass is 9.93. The van der Waals surface area contributed by atoms with Gasteiger partial charge in [0.2, 0.25) is 0 Å². The molecule has 0 saturated carbocycles. The topological polar surface area (TPSA) is 122 Å². The van der Waals surface area contributed by atoms with E-state index >= 15 is 0 Å². The molecule has 0 spiro atoms. The van der Waals surface area contributed by atoms with Crippen LogP contribution in [0.25, 0.3) is 0 Å². The lowest BCUT2D eigenvalue weighted by Gasteiger charge is -2.13. The zero-order valence-corrected chi connectivity index (χ0v) is 20.5. The van der Waals surface area contributed by atoms with Crippen molar-refractivity contribution in [2.45, 2.75) is 26.2 Å². The van der Waals surface area contributed by atoms with Crippen molar-refractivity contribution < 1.29 is 23.5 Å². The first-order valence-corrected chi connectivity index (χ1v) is 11.7. The summed E-state index contributed by atoms with van der Waals surface area (Å²) in [4.78, 5) is 37.1. The molecule has 180 valence electrons. The highest BCUT2D eigenvalue weighted by atomic mass is 79.9. The second-order valence-electron chi connectivity index (χ2n) is 7.82. The van der Waals surface area contributed by atoms with Crippen molar-refractivity contribution in [1.29, 1.82) is 0 Å². The second-order valence-corrected chi connectivity index (χ2v) is 8.73. The molecule has 10 heteroatoms. The number of rotatable bonds is 6. The van der Waals surface area contributed by atoms with Gasteiger partial charge in [-0.05, 0) is 56.2 Å². The van der Waals surface area contributed by atoms with Crippen LogP contribution in [0.2, 0.25) is 0 Å². The number of nitrogens with zero attached hydrogens (tertiary/aromatic N) is 1. The van der Waals surface area contributed by atoms with Crippen LogP contribution in [0.4, 0.5) is 0 Å². The fourth-order valence-electron chi connectivity index (χ4n) is 3.67. The van der Waals surface area contributed by atoms with Gasteiger partial charge in [0.05, 0.1) is 5.71 Å². The first-order valence-electron chi connectivity index (χ1n) is 10.9. The normalized spacial score (nSPS) is 13.6. The maximum atomic E-state index is 12.7. The molecule has 1 aliphatic carbocycles. The number of hydrogen-bond donors (Lipinski definition) is 3. The third-order valence-corrected chi connectivity index (χ3v) is 5.89. The lowest BCUT2D eigenvalue weighted by molar-refractivity contribution is -0.123. The van der Waals surface area contributed by atoms with E-state index in [9.17, 15) is 14.4 Å². The molecule has 1 aromatic heterocycles. The summed E-state index contributed by atoms with van der Waals surface area (Å²) in [6, 6.07) is 15.8. The molecule has 9 nitrogen and oxygen atoms in total. The van der Waals surface area contributed by atoms with Crippen LogP contribution in [0, 0.1) is 6.92 Å². The Morgan fingerprint density at radius 1 is 1.00 bits per heavy atom. The summed E-state index contributed by atoms with van der Waals surface area (Å²) in [7, 11) is 0. The summed E-state index contributed by atoms with van der Waals surface area (Å²) < 4.78 is 12.0. The summed E-state index contributed by atoms with van der Waals surface area (Å²) in [5.41, 5.74) is 9.66. The molecule has 0 fully saturated rings. The van der Waals surface area contributed by atoms with E-state index in [0.29, 0.717) is 46.8 Å². The number of nitrogens with one attached hydrogen (secondary N) is 3. The zero-order chi connectivity index (χ0) is 24.8. The molecule has 0 atom stereocenters. The van der Waals surface area contributed by atoms with E-state index in [1.54, 1.807) is 55.5 Å². The van der Waals surface area contributed by atoms with E-state index in [1.807, 2.05) is 6.07 Å². The number of aryl methyl sites for hydroxylation is 1. The number of hydrazine groups is 1. The van der Waals surface area contributed by atoms with Gasteiger partial charge >= 0.3 is 5.91 Å². The molecule has 3 N–H and O–H groups in total. The molecule has 0 unspecified atom stereocenters. The number of hydrazone groups is 1. The van der Waals surface area contributed by atoms with Crippen molar-refractivity contribution in [2.75, 3.05) is 6.61 Å². The Hall–Kier alpha value is -3.92. The monoisotopic (exact) mass is 538 g/mol. The van der Waals surface area contributed by atoms with Gasteiger partial charge in [-0.2, -0.15) is 5.10 Å². The predicted molar refractivity (Wildman–Crippen MR) is 132 cm³/mol. The van der Waals surface area contributed by atoms with Crippen molar-refractivity contribution in [3.05, 3.63) is 87.3 Å². The number of halogens is 1. The second kappa shape index (κ2) is 11.0. The minimum atomic E-state index is -0.594. The molecule has 3 amide bonds. The molecule has 0 bridgehead atoms. The predicted octanol–water partition coefficient (Wildman–Crippen LogP) is 3.66. The van der Waals surface area contributed by atoms with Crippen LogP contribution in [-0.4, -0.2) is 30.0 Å². The van der Waals surface area contributed by atoms with E-state index < -0.39 is 11.8 Å². The number of hydrogen-bond acceptors (Lipinski definition) is 6. The van der Waals surface area contributed by atoms with Gasteiger partial charge < -0.3 is 9.15 Å². The Morgan fingerprint density at radius 2 is 1.74 bits per heavy atom. The fourth-order valence-corrected chi connectivity index (χ4v) is 3.93. The highest BCUT2D eigenvalue weighted by Gasteiger charge is 2.28. The van der Waals surface area contributed by atoms with Crippen LogP contribution >= 0.6 is 15.9 Å². The number of carbonyl (C=O) groups excluding carboxylic acids is 3. The third kappa shape index (κ3) is 5.96. The standard InChI is InChI=1S/C25H23BrN4O5/c1-15-22-19(27-29-24(32)16-10-12-17(26)13-11-16)8-5-9-20(22)35-23(15)25(33)30-28-21(31)14-34-18-6-3-2-4-7-18/h2-4,6-7,10-13H,5,8-9,14H2,1H3,(H,28,31)(H,29,32)(H,30,33)/b27-19+. The molecule has 0 saturated heterocycles. The molecule has 3 aromatic rings. The SMILES string of the molecule is Cc1c(C(=O)NNC(=O)COc2ccccc2)oc2c1/C(=N/NC(=O)c1ccc(Br)cc1)CCC2. The van der Waals surface area contributed by atoms with Crippen molar-refractivity contribution in [2.24, 2.45) is 5.10 Å². The van der Waals surface area contributed by atoms with Gasteiger partial charge in [0.1, 0.15) is 11.5 Å².